The largest absolute Gasteiger partial charge is 0.366 e. The molecule has 0 radical (unpaired) electrons. The number of rotatable bonds is 2. The number of nitrogens with zero attached hydrogens (tertiary/aromatic N) is 3. The van der Waals surface area contributed by atoms with Crippen LogP contribution in [0.15, 0.2) is 12.1 Å². The van der Waals surface area contributed by atoms with Gasteiger partial charge in [-0.2, -0.15) is 15.4 Å². The molecule has 0 atom stereocenters. The number of H-pyrrole nitrogens is 1. The zero-order valence-corrected chi connectivity index (χ0v) is 7.30. The molecule has 2 rings (SSSR count). The SMILES string of the molecule is NC(=O)c1cc([N+](=O)[O-])cc2n[nH]nc12. The molecular weight excluding hydrogens is 202 g/mol. The van der Waals surface area contributed by atoms with Crippen LogP contribution < -0.4 is 5.73 Å². The van der Waals surface area contributed by atoms with E-state index >= 15 is 0 Å². The van der Waals surface area contributed by atoms with Crippen LogP contribution in [0.4, 0.5) is 5.69 Å². The summed E-state index contributed by atoms with van der Waals surface area (Å²) in [5.74, 6) is -0.780. The first-order chi connectivity index (χ1) is 7.09. The summed E-state index contributed by atoms with van der Waals surface area (Å²) in [7, 11) is 0. The molecule has 8 nitrogen and oxygen atoms in total. The summed E-state index contributed by atoms with van der Waals surface area (Å²) in [5.41, 5.74) is 5.26. The van der Waals surface area contributed by atoms with Crippen molar-refractivity contribution in [3.8, 4) is 0 Å². The van der Waals surface area contributed by atoms with E-state index in [4.69, 9.17) is 5.73 Å². The molecular formula is C7H5N5O3. The molecule has 1 heterocycles. The van der Waals surface area contributed by atoms with Gasteiger partial charge < -0.3 is 5.73 Å². The van der Waals surface area contributed by atoms with E-state index in [0.717, 1.165) is 6.07 Å². The Morgan fingerprint density at radius 1 is 1.47 bits per heavy atom. The van der Waals surface area contributed by atoms with Crippen LogP contribution >= 0.6 is 0 Å². The van der Waals surface area contributed by atoms with Gasteiger partial charge in [-0.1, -0.05) is 0 Å². The van der Waals surface area contributed by atoms with Gasteiger partial charge in [0.2, 0.25) is 0 Å². The number of hydrogen-bond donors (Lipinski definition) is 2. The first-order valence-corrected chi connectivity index (χ1v) is 3.88. The van der Waals surface area contributed by atoms with Gasteiger partial charge in [-0.05, 0) is 0 Å². The minimum absolute atomic E-state index is 0.0204. The number of primary amides is 1. The predicted octanol–water partition coefficient (Wildman–Crippen LogP) is -0.0350. The Labute approximate surface area is 82.2 Å². The van der Waals surface area contributed by atoms with Crippen molar-refractivity contribution in [3.63, 3.8) is 0 Å². The summed E-state index contributed by atoms with van der Waals surface area (Å²) in [6, 6.07) is 2.29. The molecule has 0 saturated carbocycles. The minimum Gasteiger partial charge on any atom is -0.366 e. The van der Waals surface area contributed by atoms with Gasteiger partial charge in [-0.15, -0.1) is 0 Å². The molecule has 15 heavy (non-hydrogen) atoms. The van der Waals surface area contributed by atoms with Gasteiger partial charge in [0, 0.05) is 12.1 Å². The third-order valence-corrected chi connectivity index (χ3v) is 1.88. The van der Waals surface area contributed by atoms with Crippen molar-refractivity contribution in [1.29, 1.82) is 0 Å². The van der Waals surface area contributed by atoms with Crippen LogP contribution in [0.25, 0.3) is 11.0 Å². The Balaban J connectivity index is 2.80. The summed E-state index contributed by atoms with van der Waals surface area (Å²) in [6.07, 6.45) is 0. The highest BCUT2D eigenvalue weighted by atomic mass is 16.6. The van der Waals surface area contributed by atoms with Crippen molar-refractivity contribution in [2.45, 2.75) is 0 Å². The number of hydrogen-bond acceptors (Lipinski definition) is 5. The lowest BCUT2D eigenvalue weighted by Gasteiger charge is -1.96. The fourth-order valence-corrected chi connectivity index (χ4v) is 1.23. The average molecular weight is 207 g/mol. The zero-order chi connectivity index (χ0) is 11.0. The summed E-state index contributed by atoms with van der Waals surface area (Å²) < 4.78 is 0. The number of carbonyl (C=O) groups excluding carboxylic acids is 1. The second-order valence-corrected chi connectivity index (χ2v) is 2.81. The molecule has 0 aliphatic rings. The molecule has 0 aliphatic heterocycles. The maximum Gasteiger partial charge on any atom is 0.272 e. The standard InChI is InChI=1S/C7H5N5O3/c8-7(13)4-1-3(12(14)15)2-5-6(4)10-11-9-5/h1-2H,(H2,8,13)(H,9,10,11). The summed E-state index contributed by atoms with van der Waals surface area (Å²) in [4.78, 5) is 20.9. The number of aromatic amines is 1. The Morgan fingerprint density at radius 2 is 2.20 bits per heavy atom. The molecule has 0 spiro atoms. The first kappa shape index (κ1) is 9.06. The number of nitro groups is 1. The van der Waals surface area contributed by atoms with Gasteiger partial charge in [0.15, 0.2) is 0 Å². The molecule has 0 aliphatic carbocycles. The maximum atomic E-state index is 11.0. The van der Waals surface area contributed by atoms with E-state index in [1.165, 1.54) is 6.07 Å². The van der Waals surface area contributed by atoms with Crippen LogP contribution in [-0.2, 0) is 0 Å². The van der Waals surface area contributed by atoms with Crippen molar-refractivity contribution in [2.24, 2.45) is 5.73 Å². The molecule has 1 aromatic heterocycles. The number of amides is 1. The van der Waals surface area contributed by atoms with Gasteiger partial charge in [-0.25, -0.2) is 0 Å². The van der Waals surface area contributed by atoms with Crippen LogP contribution in [0.1, 0.15) is 10.4 Å². The fourth-order valence-electron chi connectivity index (χ4n) is 1.23. The van der Waals surface area contributed by atoms with E-state index < -0.39 is 10.8 Å². The lowest BCUT2D eigenvalue weighted by atomic mass is 10.1. The minimum atomic E-state index is -0.780. The predicted molar refractivity (Wildman–Crippen MR) is 49.1 cm³/mol. The van der Waals surface area contributed by atoms with Crippen LogP contribution in [0.3, 0.4) is 0 Å². The molecule has 2 aromatic rings. The third-order valence-electron chi connectivity index (χ3n) is 1.88. The van der Waals surface area contributed by atoms with Gasteiger partial charge in [-0.3, -0.25) is 14.9 Å². The molecule has 0 saturated heterocycles. The molecule has 1 amide bonds. The Kier molecular flexibility index (Phi) is 1.82. The van der Waals surface area contributed by atoms with Crippen LogP contribution in [0.2, 0.25) is 0 Å². The number of nitrogens with two attached hydrogens (primary N) is 1. The smallest absolute Gasteiger partial charge is 0.272 e. The van der Waals surface area contributed by atoms with Crippen molar-refractivity contribution in [2.75, 3.05) is 0 Å². The highest BCUT2D eigenvalue weighted by Gasteiger charge is 2.17. The quantitative estimate of drug-likeness (QED) is 0.527. The van der Waals surface area contributed by atoms with Gasteiger partial charge in [0.25, 0.3) is 11.6 Å². The zero-order valence-electron chi connectivity index (χ0n) is 7.30. The monoisotopic (exact) mass is 207 g/mol. The van der Waals surface area contributed by atoms with Gasteiger partial charge in [0.05, 0.1) is 10.5 Å². The number of fused-ring (bicyclic) bond motifs is 1. The highest BCUT2D eigenvalue weighted by Crippen LogP contribution is 2.21. The van der Waals surface area contributed by atoms with E-state index in [2.05, 4.69) is 15.4 Å². The topological polar surface area (TPSA) is 128 Å². The summed E-state index contributed by atoms with van der Waals surface area (Å²) >= 11 is 0. The van der Waals surface area contributed by atoms with Crippen molar-refractivity contribution >= 4 is 22.6 Å². The average Bonchev–Trinajstić information content (AvgIpc) is 2.62. The second-order valence-electron chi connectivity index (χ2n) is 2.81. The van der Waals surface area contributed by atoms with Crippen molar-refractivity contribution in [3.05, 3.63) is 27.8 Å². The van der Waals surface area contributed by atoms with Gasteiger partial charge >= 0.3 is 0 Å². The van der Waals surface area contributed by atoms with Crippen LogP contribution in [-0.4, -0.2) is 26.2 Å². The van der Waals surface area contributed by atoms with E-state index in [9.17, 15) is 14.9 Å². The molecule has 0 fully saturated rings. The van der Waals surface area contributed by atoms with Crippen LogP contribution in [0.5, 0.6) is 0 Å². The van der Waals surface area contributed by atoms with E-state index in [1.807, 2.05) is 0 Å². The molecule has 76 valence electrons. The number of nitrogens with one attached hydrogen (secondary N) is 1. The number of non-ortho nitro benzene ring substituents is 1. The normalized spacial score (nSPS) is 10.4. The Hall–Kier alpha value is -2.51. The lowest BCUT2D eigenvalue weighted by molar-refractivity contribution is -0.384. The van der Waals surface area contributed by atoms with E-state index in [0.29, 0.717) is 0 Å². The Morgan fingerprint density at radius 3 is 2.80 bits per heavy atom. The number of aromatic nitrogens is 3. The molecule has 0 bridgehead atoms. The number of benzene rings is 1. The fraction of sp³-hybridized carbons (Fsp3) is 0. The summed E-state index contributed by atoms with van der Waals surface area (Å²) in [6.45, 7) is 0. The maximum absolute atomic E-state index is 11.0. The third kappa shape index (κ3) is 1.37. The molecule has 1 aromatic carbocycles. The van der Waals surface area contributed by atoms with Crippen molar-refractivity contribution < 1.29 is 9.72 Å². The molecule has 0 unspecified atom stereocenters. The number of carbonyl (C=O) groups is 1. The highest BCUT2D eigenvalue weighted by molar-refractivity contribution is 6.04. The summed E-state index contributed by atoms with van der Waals surface area (Å²) in [5, 5.41) is 20.1. The number of nitro benzene ring substituents is 1. The van der Waals surface area contributed by atoms with Gasteiger partial charge in [0.1, 0.15) is 11.0 Å². The lowest BCUT2D eigenvalue weighted by Crippen LogP contribution is -2.12. The van der Waals surface area contributed by atoms with Crippen LogP contribution in [0, 0.1) is 10.1 Å². The Bertz CT molecular complexity index is 561. The van der Waals surface area contributed by atoms with Crippen molar-refractivity contribution in [1.82, 2.24) is 15.4 Å². The van der Waals surface area contributed by atoms with E-state index in [-0.39, 0.29) is 22.3 Å². The van der Waals surface area contributed by atoms with E-state index in [1.54, 1.807) is 0 Å². The molecule has 3 N–H and O–H groups in total. The first-order valence-electron chi connectivity index (χ1n) is 3.88. The molecule has 8 heteroatoms. The second kappa shape index (κ2) is 3.01.